The lowest BCUT2D eigenvalue weighted by Crippen LogP contribution is -2.79. The van der Waals surface area contributed by atoms with Gasteiger partial charge in [-0.25, -0.2) is 19.2 Å². The maximum atomic E-state index is 14.7. The third kappa shape index (κ3) is 8.77. The summed E-state index contributed by atoms with van der Waals surface area (Å²) >= 11 is 0. The van der Waals surface area contributed by atoms with Gasteiger partial charge < -0.3 is 47.8 Å². The van der Waals surface area contributed by atoms with Gasteiger partial charge in [0.15, 0.2) is 6.10 Å². The summed E-state index contributed by atoms with van der Waals surface area (Å²) in [6.07, 6.45) is -8.12. The van der Waals surface area contributed by atoms with E-state index in [2.05, 4.69) is 0 Å². The van der Waals surface area contributed by atoms with Crippen LogP contribution in [-0.2, 0) is 63.7 Å². The number of carbonyl (C=O) groups is 5. The largest absolute Gasteiger partial charge is 0.509 e. The van der Waals surface area contributed by atoms with E-state index in [9.17, 15) is 29.1 Å². The Morgan fingerprint density at radius 1 is 0.755 bits per heavy atom. The smallest absolute Gasteiger partial charge is 0.458 e. The first-order valence-electron chi connectivity index (χ1n) is 16.0. The molecule has 0 aliphatic carbocycles. The maximum Gasteiger partial charge on any atom is 0.509 e. The van der Waals surface area contributed by atoms with E-state index in [-0.39, 0.29) is 6.61 Å². The van der Waals surface area contributed by atoms with Crippen LogP contribution in [0, 0.1) is 0 Å². The van der Waals surface area contributed by atoms with Gasteiger partial charge in [0.05, 0.1) is 13.0 Å². The summed E-state index contributed by atoms with van der Waals surface area (Å²) in [4.78, 5) is 68.7. The van der Waals surface area contributed by atoms with Crippen molar-refractivity contribution in [3.63, 3.8) is 0 Å². The fourth-order valence-corrected chi connectivity index (χ4v) is 5.37. The monoisotopic (exact) mass is 694 g/mol. The molecule has 0 amide bonds. The van der Waals surface area contributed by atoms with Gasteiger partial charge in [-0.05, 0) is 88.6 Å². The molecule has 0 unspecified atom stereocenters. The highest BCUT2D eigenvalue weighted by Gasteiger charge is 2.87. The number of benzene rings is 1. The number of fused-ring (bicyclic) bond motifs is 2. The zero-order valence-corrected chi connectivity index (χ0v) is 30.4. The van der Waals surface area contributed by atoms with E-state index in [4.69, 9.17) is 37.9 Å². The Kier molecular flexibility index (Phi) is 11.1. The van der Waals surface area contributed by atoms with E-state index in [1.165, 1.54) is 62.3 Å². The van der Waals surface area contributed by atoms with Gasteiger partial charge in [-0.2, -0.15) is 0 Å². The first kappa shape index (κ1) is 39.8. The van der Waals surface area contributed by atoms with Crippen LogP contribution in [0.3, 0.4) is 0 Å². The molecule has 0 spiro atoms. The van der Waals surface area contributed by atoms with E-state index in [1.807, 2.05) is 0 Å². The lowest BCUT2D eigenvalue weighted by molar-refractivity contribution is -0.375. The molecule has 0 radical (unpaired) electrons. The molecule has 274 valence electrons. The minimum atomic E-state index is -3.44. The molecule has 3 rings (SSSR count). The molecule has 2 saturated heterocycles. The molecule has 14 nitrogen and oxygen atoms in total. The van der Waals surface area contributed by atoms with E-state index in [0.29, 0.717) is 11.8 Å². The lowest BCUT2D eigenvalue weighted by Gasteiger charge is -2.51. The highest BCUT2D eigenvalue weighted by Crippen LogP contribution is 2.57. The quantitative estimate of drug-likeness (QED) is 0.222. The first-order chi connectivity index (χ1) is 22.2. The molecule has 1 N–H and O–H groups in total. The predicted molar refractivity (Wildman–Crippen MR) is 171 cm³/mol. The molecular formula is C35H50O14. The van der Waals surface area contributed by atoms with E-state index < -0.39 is 88.2 Å². The molecule has 2 bridgehead atoms. The van der Waals surface area contributed by atoms with Gasteiger partial charge in [-0.15, -0.1) is 0 Å². The number of hydrogen-bond donors (Lipinski definition) is 1. The van der Waals surface area contributed by atoms with Crippen LogP contribution in [0.2, 0.25) is 0 Å². The number of esters is 3. The second kappa shape index (κ2) is 13.6. The summed E-state index contributed by atoms with van der Waals surface area (Å²) in [5.41, 5.74) is -10.9. The van der Waals surface area contributed by atoms with Gasteiger partial charge in [0, 0.05) is 0 Å². The maximum absolute atomic E-state index is 14.7. The standard InChI is InChI=1S/C35H50O14/c1-29(2,3)45-25(37)24-34(41,26(38)46-30(4,5)6)35(27(39)47-31(7,8)9)23(42-20-21-16-14-13-15-17-21)22(33(44-24,49-35)18-19-36)43-28(40)48-32(10,11)12/h13-17,19,22-24,41H,18,20H2,1-12H3/t22-,23-,24-,33+,34-,35+/m1/s1. The van der Waals surface area contributed by atoms with Crippen molar-refractivity contribution in [1.29, 1.82) is 0 Å². The number of carbonyl (C=O) groups excluding carboxylic acids is 5. The highest BCUT2D eigenvalue weighted by atomic mass is 16.8. The summed E-state index contributed by atoms with van der Waals surface area (Å²) in [6, 6.07) is 8.56. The number of rotatable bonds is 9. The molecule has 0 aromatic heterocycles. The SMILES string of the molecule is CC(C)(C)OC(=O)O[C@@H]1[C@@H](OCc2ccccc2)[C@@]2(C(=O)OC(C)(C)C)O[C@]1(CC=O)O[C@H](C(=O)OC(C)(C)C)[C@@]2(O)C(=O)OC(C)(C)C. The third-order valence-corrected chi connectivity index (χ3v) is 6.99. The van der Waals surface area contributed by atoms with Crippen molar-refractivity contribution < 1.29 is 67.0 Å². The van der Waals surface area contributed by atoms with Crippen molar-refractivity contribution in [3.05, 3.63) is 35.9 Å². The molecular weight excluding hydrogens is 644 g/mol. The zero-order chi connectivity index (χ0) is 37.4. The number of aldehydes is 1. The zero-order valence-electron chi connectivity index (χ0n) is 30.4. The Balaban J connectivity index is 2.46. The van der Waals surface area contributed by atoms with Gasteiger partial charge >= 0.3 is 24.1 Å². The Hall–Kier alpha value is -3.59. The molecule has 2 aliphatic rings. The number of aliphatic hydroxyl groups is 1. The van der Waals surface area contributed by atoms with Gasteiger partial charge in [0.25, 0.3) is 0 Å². The van der Waals surface area contributed by atoms with Crippen LogP contribution in [0.15, 0.2) is 30.3 Å². The van der Waals surface area contributed by atoms with Gasteiger partial charge in [0.1, 0.15) is 34.8 Å². The van der Waals surface area contributed by atoms with Crippen molar-refractivity contribution in [1.82, 2.24) is 0 Å². The second-order valence-corrected chi connectivity index (χ2v) is 16.0. The Labute approximate surface area is 287 Å². The number of hydrogen-bond acceptors (Lipinski definition) is 14. The molecule has 49 heavy (non-hydrogen) atoms. The summed E-state index contributed by atoms with van der Waals surface area (Å²) in [5, 5.41) is 12.9. The van der Waals surface area contributed by atoms with Crippen LogP contribution in [0.4, 0.5) is 4.79 Å². The van der Waals surface area contributed by atoms with Crippen LogP contribution >= 0.6 is 0 Å². The minimum absolute atomic E-state index is 0.313. The van der Waals surface area contributed by atoms with Crippen molar-refractivity contribution in [3.8, 4) is 0 Å². The third-order valence-electron chi connectivity index (χ3n) is 6.99. The molecule has 14 heteroatoms. The molecule has 2 fully saturated rings. The average molecular weight is 695 g/mol. The van der Waals surface area contributed by atoms with Crippen LogP contribution in [0.5, 0.6) is 0 Å². The summed E-state index contributed by atoms with van der Waals surface area (Å²) < 4.78 is 46.7. The molecule has 0 saturated carbocycles. The van der Waals surface area contributed by atoms with Gasteiger partial charge in [-0.1, -0.05) is 30.3 Å². The highest BCUT2D eigenvalue weighted by molar-refractivity contribution is 6.00. The van der Waals surface area contributed by atoms with Gasteiger partial charge in [0.2, 0.25) is 23.1 Å². The van der Waals surface area contributed by atoms with E-state index in [0.717, 1.165) is 0 Å². The Morgan fingerprint density at radius 2 is 1.27 bits per heavy atom. The average Bonchev–Trinajstić information content (AvgIpc) is 3.13. The summed E-state index contributed by atoms with van der Waals surface area (Å²) in [6.45, 7) is 18.0. The van der Waals surface area contributed by atoms with Crippen molar-refractivity contribution in [2.75, 3.05) is 0 Å². The van der Waals surface area contributed by atoms with Gasteiger partial charge in [-0.3, -0.25) is 0 Å². The van der Waals surface area contributed by atoms with E-state index in [1.54, 1.807) is 51.1 Å². The van der Waals surface area contributed by atoms with E-state index >= 15 is 0 Å². The summed E-state index contributed by atoms with van der Waals surface area (Å²) in [5.74, 6) is -6.82. The molecule has 1 aromatic carbocycles. The fraction of sp³-hybridized carbons (Fsp3) is 0.686. The first-order valence-corrected chi connectivity index (χ1v) is 16.0. The predicted octanol–water partition coefficient (Wildman–Crippen LogP) is 4.10. The Bertz CT molecular complexity index is 1400. The molecule has 2 aliphatic heterocycles. The summed E-state index contributed by atoms with van der Waals surface area (Å²) in [7, 11) is 0. The fourth-order valence-electron chi connectivity index (χ4n) is 5.37. The molecule has 6 atom stereocenters. The second-order valence-electron chi connectivity index (χ2n) is 16.0. The van der Waals surface area contributed by atoms with Crippen molar-refractivity contribution in [2.24, 2.45) is 0 Å². The lowest BCUT2D eigenvalue weighted by atomic mass is 9.74. The van der Waals surface area contributed by atoms with Crippen molar-refractivity contribution >= 4 is 30.3 Å². The topological polar surface area (TPSA) is 179 Å². The number of ether oxygens (including phenoxy) is 8. The van der Waals surface area contributed by atoms with Crippen LogP contribution in [-0.4, -0.2) is 93.2 Å². The van der Waals surface area contributed by atoms with Crippen molar-refractivity contribution in [2.45, 2.75) is 154 Å². The van der Waals surface area contributed by atoms with Crippen LogP contribution < -0.4 is 0 Å². The Morgan fingerprint density at radius 3 is 1.76 bits per heavy atom. The van der Waals surface area contributed by atoms with Crippen LogP contribution in [0.1, 0.15) is 95.1 Å². The van der Waals surface area contributed by atoms with Crippen LogP contribution in [0.25, 0.3) is 0 Å². The molecule has 1 aromatic rings. The molecule has 2 heterocycles. The minimum Gasteiger partial charge on any atom is -0.458 e. The normalized spacial score (nSPS) is 28.6.